The molecule has 0 N–H and O–H groups in total. The molecule has 1 aromatic carbocycles. The van der Waals surface area contributed by atoms with Gasteiger partial charge in [0.15, 0.2) is 0 Å². The summed E-state index contributed by atoms with van der Waals surface area (Å²) in [4.78, 5) is 4.63. The Morgan fingerprint density at radius 1 is 0.842 bits per heavy atom. The fraction of sp³-hybridized carbons (Fsp3) is 0.389. The molecule has 2 aromatic rings. The van der Waals surface area contributed by atoms with Crippen LogP contribution in [0, 0.1) is 5.92 Å². The normalized spacial score (nSPS) is 18.1. The molecule has 0 spiro atoms. The van der Waals surface area contributed by atoms with Crippen molar-refractivity contribution in [3.05, 3.63) is 66.0 Å². The molecule has 1 saturated carbocycles. The third-order valence-corrected chi connectivity index (χ3v) is 4.29. The Kier molecular flexibility index (Phi) is 3.92. The Hall–Kier alpha value is -1.63. The predicted molar refractivity (Wildman–Crippen MR) is 79.1 cm³/mol. The SMILES string of the molecule is c1ccc(C(c2ccccn2)C2CCCCC2)cc1. The maximum absolute atomic E-state index is 4.63. The summed E-state index contributed by atoms with van der Waals surface area (Å²) in [6, 6.07) is 17.2. The Bertz CT molecular complexity index is 446. The predicted octanol–water partition coefficient (Wildman–Crippen LogP) is 4.79. The molecule has 1 fully saturated rings. The third-order valence-electron chi connectivity index (χ3n) is 4.29. The number of nitrogens with zero attached hydrogens (tertiary/aromatic N) is 1. The van der Waals surface area contributed by atoms with E-state index in [-0.39, 0.29) is 0 Å². The molecule has 1 aliphatic rings. The second kappa shape index (κ2) is 6.01. The highest BCUT2D eigenvalue weighted by Crippen LogP contribution is 2.39. The molecule has 0 saturated heterocycles. The molecule has 0 radical (unpaired) electrons. The summed E-state index contributed by atoms with van der Waals surface area (Å²) >= 11 is 0. The van der Waals surface area contributed by atoms with E-state index in [4.69, 9.17) is 0 Å². The average Bonchev–Trinajstić information content (AvgIpc) is 2.51. The largest absolute Gasteiger partial charge is 0.261 e. The minimum absolute atomic E-state index is 0.475. The monoisotopic (exact) mass is 251 g/mol. The summed E-state index contributed by atoms with van der Waals surface area (Å²) in [6.07, 6.45) is 8.77. The number of aromatic nitrogens is 1. The smallest absolute Gasteiger partial charge is 0.0481 e. The van der Waals surface area contributed by atoms with Gasteiger partial charge in [0.2, 0.25) is 0 Å². The standard InChI is InChI=1S/C18H21N/c1-3-9-15(10-4-1)18(16-11-5-2-6-12-16)17-13-7-8-14-19-17/h1,3-4,7-10,13-14,16,18H,2,5-6,11-12H2. The van der Waals surface area contributed by atoms with Gasteiger partial charge in [-0.05, 0) is 36.5 Å². The summed E-state index contributed by atoms with van der Waals surface area (Å²) < 4.78 is 0. The van der Waals surface area contributed by atoms with E-state index < -0.39 is 0 Å². The van der Waals surface area contributed by atoms with Crippen molar-refractivity contribution in [1.82, 2.24) is 4.98 Å². The van der Waals surface area contributed by atoms with Gasteiger partial charge in [0.25, 0.3) is 0 Å². The molecule has 1 heteroatoms. The van der Waals surface area contributed by atoms with Crippen LogP contribution in [0.4, 0.5) is 0 Å². The molecular formula is C18H21N. The van der Waals surface area contributed by atoms with Crippen molar-refractivity contribution in [3.8, 4) is 0 Å². The van der Waals surface area contributed by atoms with Gasteiger partial charge < -0.3 is 0 Å². The van der Waals surface area contributed by atoms with Gasteiger partial charge in [-0.25, -0.2) is 0 Å². The van der Waals surface area contributed by atoms with Gasteiger partial charge in [-0.1, -0.05) is 55.7 Å². The fourth-order valence-corrected chi connectivity index (χ4v) is 3.37. The van der Waals surface area contributed by atoms with Crippen molar-refractivity contribution < 1.29 is 0 Å². The van der Waals surface area contributed by atoms with Crippen LogP contribution in [0.5, 0.6) is 0 Å². The Morgan fingerprint density at radius 2 is 1.58 bits per heavy atom. The maximum atomic E-state index is 4.63. The van der Waals surface area contributed by atoms with E-state index in [1.807, 2.05) is 12.3 Å². The second-order valence-electron chi connectivity index (χ2n) is 5.54. The summed E-state index contributed by atoms with van der Waals surface area (Å²) in [6.45, 7) is 0. The summed E-state index contributed by atoms with van der Waals surface area (Å²) in [5.41, 5.74) is 2.66. The summed E-state index contributed by atoms with van der Waals surface area (Å²) in [5.74, 6) is 1.23. The van der Waals surface area contributed by atoms with Gasteiger partial charge in [0.05, 0.1) is 0 Å². The number of pyridine rings is 1. The van der Waals surface area contributed by atoms with E-state index in [0.717, 1.165) is 5.92 Å². The van der Waals surface area contributed by atoms with Gasteiger partial charge in [0, 0.05) is 17.8 Å². The van der Waals surface area contributed by atoms with Crippen molar-refractivity contribution in [2.24, 2.45) is 5.92 Å². The molecular weight excluding hydrogens is 230 g/mol. The van der Waals surface area contributed by atoms with Crippen molar-refractivity contribution in [3.63, 3.8) is 0 Å². The van der Waals surface area contributed by atoms with Crippen molar-refractivity contribution >= 4 is 0 Å². The number of benzene rings is 1. The molecule has 0 aliphatic heterocycles. The Labute approximate surface area is 115 Å². The fourth-order valence-electron chi connectivity index (χ4n) is 3.37. The molecule has 1 atom stereocenters. The van der Waals surface area contributed by atoms with Crippen LogP contribution in [0.1, 0.15) is 49.3 Å². The number of rotatable bonds is 3. The first-order valence-electron chi connectivity index (χ1n) is 7.41. The highest BCUT2D eigenvalue weighted by atomic mass is 14.7. The minimum Gasteiger partial charge on any atom is -0.261 e. The van der Waals surface area contributed by atoms with Crippen molar-refractivity contribution in [1.29, 1.82) is 0 Å². The molecule has 1 aromatic heterocycles. The van der Waals surface area contributed by atoms with Gasteiger partial charge in [-0.3, -0.25) is 4.98 Å². The number of hydrogen-bond donors (Lipinski definition) is 0. The van der Waals surface area contributed by atoms with E-state index in [1.54, 1.807) is 0 Å². The van der Waals surface area contributed by atoms with Crippen LogP contribution >= 0.6 is 0 Å². The molecule has 1 nitrogen and oxygen atoms in total. The van der Waals surface area contributed by atoms with Crippen LogP contribution in [-0.4, -0.2) is 4.98 Å². The van der Waals surface area contributed by atoms with Crippen molar-refractivity contribution in [2.45, 2.75) is 38.0 Å². The first kappa shape index (κ1) is 12.4. The first-order chi connectivity index (χ1) is 9.45. The Morgan fingerprint density at radius 3 is 2.26 bits per heavy atom. The summed E-state index contributed by atoms with van der Waals surface area (Å²) in [7, 11) is 0. The lowest BCUT2D eigenvalue weighted by atomic mass is 9.75. The van der Waals surface area contributed by atoms with Crippen LogP contribution in [0.15, 0.2) is 54.7 Å². The highest BCUT2D eigenvalue weighted by molar-refractivity contribution is 5.29. The van der Waals surface area contributed by atoms with Crippen LogP contribution in [0.25, 0.3) is 0 Å². The van der Waals surface area contributed by atoms with Gasteiger partial charge in [-0.2, -0.15) is 0 Å². The first-order valence-corrected chi connectivity index (χ1v) is 7.41. The van der Waals surface area contributed by atoms with E-state index in [2.05, 4.69) is 47.4 Å². The summed E-state index contributed by atoms with van der Waals surface area (Å²) in [5, 5.41) is 0. The Balaban J connectivity index is 1.96. The molecule has 1 unspecified atom stereocenters. The topological polar surface area (TPSA) is 12.9 Å². The molecule has 0 amide bonds. The van der Waals surface area contributed by atoms with E-state index in [9.17, 15) is 0 Å². The molecule has 19 heavy (non-hydrogen) atoms. The van der Waals surface area contributed by atoms with E-state index in [0.29, 0.717) is 5.92 Å². The molecule has 3 rings (SSSR count). The van der Waals surface area contributed by atoms with Crippen molar-refractivity contribution in [2.75, 3.05) is 0 Å². The average molecular weight is 251 g/mol. The second-order valence-corrected chi connectivity index (χ2v) is 5.54. The van der Waals surface area contributed by atoms with Crippen LogP contribution in [-0.2, 0) is 0 Å². The third kappa shape index (κ3) is 2.86. The molecule has 98 valence electrons. The van der Waals surface area contributed by atoms with Gasteiger partial charge in [0.1, 0.15) is 0 Å². The van der Waals surface area contributed by atoms with Gasteiger partial charge in [-0.15, -0.1) is 0 Å². The van der Waals surface area contributed by atoms with Crippen LogP contribution in [0.2, 0.25) is 0 Å². The van der Waals surface area contributed by atoms with E-state index >= 15 is 0 Å². The molecule has 1 aliphatic carbocycles. The van der Waals surface area contributed by atoms with Crippen LogP contribution in [0.3, 0.4) is 0 Å². The molecule has 0 bridgehead atoms. The lowest BCUT2D eigenvalue weighted by Gasteiger charge is -2.30. The van der Waals surface area contributed by atoms with E-state index in [1.165, 1.54) is 43.4 Å². The lowest BCUT2D eigenvalue weighted by Crippen LogP contribution is -2.18. The molecule has 1 heterocycles. The minimum atomic E-state index is 0.475. The lowest BCUT2D eigenvalue weighted by molar-refractivity contribution is 0.324. The van der Waals surface area contributed by atoms with Gasteiger partial charge >= 0.3 is 0 Å². The zero-order valence-electron chi connectivity index (χ0n) is 11.3. The maximum Gasteiger partial charge on any atom is 0.0481 e. The number of hydrogen-bond acceptors (Lipinski definition) is 1. The quantitative estimate of drug-likeness (QED) is 0.764. The highest BCUT2D eigenvalue weighted by Gasteiger charge is 2.27. The van der Waals surface area contributed by atoms with Crippen LogP contribution < -0.4 is 0 Å². The zero-order chi connectivity index (χ0) is 12.9. The zero-order valence-corrected chi connectivity index (χ0v) is 11.3.